The number of benzene rings is 1. The zero-order valence-electron chi connectivity index (χ0n) is 10.3. The van der Waals surface area contributed by atoms with Gasteiger partial charge in [0.25, 0.3) is 0 Å². The van der Waals surface area contributed by atoms with Crippen LogP contribution in [0, 0.1) is 26.6 Å². The molecule has 0 aliphatic carbocycles. The molecule has 1 aromatic carbocycles. The average Bonchev–Trinajstić information content (AvgIpc) is 2.56. The molecule has 1 aromatic heterocycles. The summed E-state index contributed by atoms with van der Waals surface area (Å²) in [5.41, 5.74) is 1.83. The number of aryl methyl sites for hydroxylation is 2. The van der Waals surface area contributed by atoms with E-state index in [1.54, 1.807) is 6.92 Å². The smallest absolute Gasteiger partial charge is 0.196 e. The maximum Gasteiger partial charge on any atom is 0.196 e. The first-order valence-electron chi connectivity index (χ1n) is 5.48. The molecule has 0 bridgehead atoms. The first-order chi connectivity index (χ1) is 8.41. The molecule has 0 saturated heterocycles. The molecule has 0 unspecified atom stereocenters. The number of hydrogen-bond donors (Lipinski definition) is 0. The quantitative estimate of drug-likeness (QED) is 0.772. The second-order valence-electron chi connectivity index (χ2n) is 4.17. The highest BCUT2D eigenvalue weighted by Crippen LogP contribution is 2.25. The zero-order chi connectivity index (χ0) is 13.4. The topological polar surface area (TPSA) is 30.2 Å². The molecule has 0 atom stereocenters. The Kier molecular flexibility index (Phi) is 3.39. The molecule has 4 heteroatoms. The fourth-order valence-electron chi connectivity index (χ4n) is 1.91. The molecule has 2 aromatic rings. The molecule has 0 amide bonds. The van der Waals surface area contributed by atoms with Crippen molar-refractivity contribution in [2.75, 3.05) is 0 Å². The number of ketones is 1. The fraction of sp³-hybridized carbons (Fsp3) is 0.214. The van der Waals surface area contributed by atoms with Crippen molar-refractivity contribution in [3.63, 3.8) is 0 Å². The number of carbonyl (C=O) groups excluding carboxylic acids is 1. The van der Waals surface area contributed by atoms with Crippen LogP contribution in [-0.2, 0) is 0 Å². The lowest BCUT2D eigenvalue weighted by atomic mass is 10.00. The monoisotopic (exact) mass is 310 g/mol. The molecule has 0 radical (unpaired) electrons. The lowest BCUT2D eigenvalue weighted by Gasteiger charge is -2.02. The van der Waals surface area contributed by atoms with Crippen molar-refractivity contribution in [3.8, 4) is 0 Å². The summed E-state index contributed by atoms with van der Waals surface area (Å²) in [7, 11) is 0. The SMILES string of the molecule is Cc1oc(C)c(C(=O)c2ccc(F)c(Br)c2)c1C. The Bertz CT molecular complexity index is 629. The van der Waals surface area contributed by atoms with Crippen LogP contribution in [0.5, 0.6) is 0 Å². The second-order valence-corrected chi connectivity index (χ2v) is 5.03. The molecule has 0 aliphatic rings. The largest absolute Gasteiger partial charge is 0.466 e. The highest BCUT2D eigenvalue weighted by atomic mass is 79.9. The lowest BCUT2D eigenvalue weighted by molar-refractivity contribution is 0.103. The van der Waals surface area contributed by atoms with Crippen molar-refractivity contribution in [3.05, 3.63) is 56.7 Å². The van der Waals surface area contributed by atoms with Gasteiger partial charge in [0.2, 0.25) is 0 Å². The van der Waals surface area contributed by atoms with Gasteiger partial charge in [0.15, 0.2) is 5.78 Å². The summed E-state index contributed by atoms with van der Waals surface area (Å²) >= 11 is 3.08. The molecule has 0 fully saturated rings. The summed E-state index contributed by atoms with van der Waals surface area (Å²) in [5.74, 6) is 0.790. The third-order valence-corrected chi connectivity index (χ3v) is 3.58. The molecular formula is C14H12BrFO2. The van der Waals surface area contributed by atoms with Crippen LogP contribution in [0.1, 0.15) is 33.0 Å². The number of hydrogen-bond acceptors (Lipinski definition) is 2. The van der Waals surface area contributed by atoms with E-state index >= 15 is 0 Å². The van der Waals surface area contributed by atoms with E-state index in [2.05, 4.69) is 15.9 Å². The predicted molar refractivity (Wildman–Crippen MR) is 70.5 cm³/mol. The predicted octanol–water partition coefficient (Wildman–Crippen LogP) is 4.34. The highest BCUT2D eigenvalue weighted by molar-refractivity contribution is 9.10. The summed E-state index contributed by atoms with van der Waals surface area (Å²) in [6, 6.07) is 4.23. The molecule has 0 saturated carbocycles. The highest BCUT2D eigenvalue weighted by Gasteiger charge is 2.20. The standard InChI is InChI=1S/C14H12BrFO2/c1-7-8(2)18-9(3)13(7)14(17)10-4-5-12(16)11(15)6-10/h4-6H,1-3H3. The maximum atomic E-state index is 13.2. The van der Waals surface area contributed by atoms with E-state index in [-0.39, 0.29) is 16.1 Å². The Hall–Kier alpha value is -1.42. The fourth-order valence-corrected chi connectivity index (χ4v) is 2.29. The van der Waals surface area contributed by atoms with Crippen LogP contribution in [0.4, 0.5) is 4.39 Å². The number of rotatable bonds is 2. The van der Waals surface area contributed by atoms with Gasteiger partial charge in [0.05, 0.1) is 10.0 Å². The minimum absolute atomic E-state index is 0.150. The van der Waals surface area contributed by atoms with Gasteiger partial charge >= 0.3 is 0 Å². The molecular weight excluding hydrogens is 299 g/mol. The summed E-state index contributed by atoms with van der Waals surface area (Å²) in [6.07, 6.45) is 0. The third-order valence-electron chi connectivity index (χ3n) is 2.97. The number of halogens is 2. The van der Waals surface area contributed by atoms with Gasteiger partial charge in [-0.05, 0) is 54.9 Å². The van der Waals surface area contributed by atoms with Crippen molar-refractivity contribution < 1.29 is 13.6 Å². The maximum absolute atomic E-state index is 13.2. The Morgan fingerprint density at radius 3 is 2.39 bits per heavy atom. The minimum atomic E-state index is -0.386. The van der Waals surface area contributed by atoms with Crippen LogP contribution < -0.4 is 0 Å². The number of carbonyl (C=O) groups is 1. The molecule has 0 spiro atoms. The van der Waals surface area contributed by atoms with Crippen LogP contribution in [0.3, 0.4) is 0 Å². The van der Waals surface area contributed by atoms with Crippen molar-refractivity contribution in [1.29, 1.82) is 0 Å². The normalized spacial score (nSPS) is 10.7. The van der Waals surface area contributed by atoms with Crippen LogP contribution in [0.15, 0.2) is 27.1 Å². The first kappa shape index (κ1) is 13.0. The van der Waals surface area contributed by atoms with E-state index in [0.717, 1.165) is 11.3 Å². The van der Waals surface area contributed by atoms with Crippen molar-refractivity contribution >= 4 is 21.7 Å². The van der Waals surface area contributed by atoms with Crippen LogP contribution in [0.25, 0.3) is 0 Å². The van der Waals surface area contributed by atoms with Gasteiger partial charge in [-0.1, -0.05) is 0 Å². The first-order valence-corrected chi connectivity index (χ1v) is 6.27. The molecule has 94 valence electrons. The molecule has 0 aliphatic heterocycles. The Morgan fingerprint density at radius 2 is 1.89 bits per heavy atom. The van der Waals surface area contributed by atoms with E-state index in [1.807, 2.05) is 13.8 Å². The van der Waals surface area contributed by atoms with Crippen molar-refractivity contribution in [2.24, 2.45) is 0 Å². The molecule has 1 heterocycles. The Labute approximate surface area is 113 Å². The van der Waals surface area contributed by atoms with Gasteiger partial charge in [-0.25, -0.2) is 4.39 Å². The average molecular weight is 311 g/mol. The van der Waals surface area contributed by atoms with E-state index in [4.69, 9.17) is 4.42 Å². The van der Waals surface area contributed by atoms with E-state index in [1.165, 1.54) is 18.2 Å². The Morgan fingerprint density at radius 1 is 1.22 bits per heavy atom. The van der Waals surface area contributed by atoms with Gasteiger partial charge in [-0.2, -0.15) is 0 Å². The lowest BCUT2D eigenvalue weighted by Crippen LogP contribution is -2.04. The van der Waals surface area contributed by atoms with Gasteiger partial charge in [-0.3, -0.25) is 4.79 Å². The third kappa shape index (κ3) is 2.12. The van der Waals surface area contributed by atoms with Gasteiger partial charge < -0.3 is 4.42 Å². The molecule has 0 N–H and O–H groups in total. The molecule has 2 nitrogen and oxygen atoms in total. The Balaban J connectivity index is 2.51. The van der Waals surface area contributed by atoms with Crippen LogP contribution in [0.2, 0.25) is 0 Å². The van der Waals surface area contributed by atoms with Crippen molar-refractivity contribution in [1.82, 2.24) is 0 Å². The van der Waals surface area contributed by atoms with Crippen LogP contribution >= 0.6 is 15.9 Å². The van der Waals surface area contributed by atoms with Crippen LogP contribution in [-0.4, -0.2) is 5.78 Å². The minimum Gasteiger partial charge on any atom is -0.466 e. The number of furan rings is 1. The van der Waals surface area contributed by atoms with Gasteiger partial charge in [0.1, 0.15) is 17.3 Å². The summed E-state index contributed by atoms with van der Waals surface area (Å²) in [4.78, 5) is 12.4. The van der Waals surface area contributed by atoms with E-state index in [9.17, 15) is 9.18 Å². The van der Waals surface area contributed by atoms with Crippen molar-refractivity contribution in [2.45, 2.75) is 20.8 Å². The molecule has 18 heavy (non-hydrogen) atoms. The zero-order valence-corrected chi connectivity index (χ0v) is 11.9. The van der Waals surface area contributed by atoms with Gasteiger partial charge in [0, 0.05) is 11.1 Å². The van der Waals surface area contributed by atoms with E-state index in [0.29, 0.717) is 16.9 Å². The van der Waals surface area contributed by atoms with E-state index < -0.39 is 0 Å². The van der Waals surface area contributed by atoms with Gasteiger partial charge in [-0.15, -0.1) is 0 Å². The summed E-state index contributed by atoms with van der Waals surface area (Å²) in [6.45, 7) is 5.42. The second kappa shape index (κ2) is 4.69. The molecule has 2 rings (SSSR count). The summed E-state index contributed by atoms with van der Waals surface area (Å²) in [5, 5.41) is 0. The summed E-state index contributed by atoms with van der Waals surface area (Å²) < 4.78 is 18.9.